The fourth-order valence-electron chi connectivity index (χ4n) is 1.49. The van der Waals surface area contributed by atoms with Crippen molar-refractivity contribution in [3.8, 4) is 0 Å². The maximum absolute atomic E-state index is 11.6. The average Bonchev–Trinajstić information content (AvgIpc) is 2.39. The van der Waals surface area contributed by atoms with Gasteiger partial charge in [0.2, 0.25) is 0 Å². The van der Waals surface area contributed by atoms with E-state index in [2.05, 4.69) is 4.74 Å². The zero-order valence-corrected chi connectivity index (χ0v) is 11.4. The minimum absolute atomic E-state index is 0.0143. The Labute approximate surface area is 103 Å². The Hall–Kier alpha value is -1.46. The first-order valence-electron chi connectivity index (χ1n) is 5.85. The highest BCUT2D eigenvalue weighted by Gasteiger charge is 2.24. The summed E-state index contributed by atoms with van der Waals surface area (Å²) in [6.45, 7) is 6.19. The van der Waals surface area contributed by atoms with Crippen LogP contribution in [-0.4, -0.2) is 74.2 Å². The van der Waals surface area contributed by atoms with E-state index in [0.717, 1.165) is 0 Å². The van der Waals surface area contributed by atoms with Crippen LogP contribution in [0.4, 0.5) is 9.59 Å². The van der Waals surface area contributed by atoms with E-state index in [9.17, 15) is 9.59 Å². The number of hydrogen-bond acceptors (Lipinski definition) is 3. The number of hydrogen-bond donors (Lipinski definition) is 0. The number of piperazine rings is 1. The molecule has 1 rings (SSSR count). The smallest absolute Gasteiger partial charge is 0.409 e. The molecule has 0 aromatic rings. The molecule has 0 bridgehead atoms. The third kappa shape index (κ3) is 4.50. The van der Waals surface area contributed by atoms with E-state index in [-0.39, 0.29) is 12.1 Å². The molecule has 1 saturated heterocycles. The Bertz CT molecular complexity index is 248. The molecule has 6 heteroatoms. The minimum Gasteiger partial charge on any atom is -0.453 e. The molecule has 1 aliphatic heterocycles. The molecule has 3 amide bonds. The highest BCUT2D eigenvalue weighted by molar-refractivity contribution is 5.74. The highest BCUT2D eigenvalue weighted by Crippen LogP contribution is 2.05. The molecule has 0 aromatic heterocycles. The summed E-state index contributed by atoms with van der Waals surface area (Å²) in [6.07, 6.45) is -0.327. The predicted octanol–water partition coefficient (Wildman–Crippen LogP) is 1.08. The lowest BCUT2D eigenvalue weighted by atomic mass is 10.3. The summed E-state index contributed by atoms with van der Waals surface area (Å²) in [5.74, 6) is 0. The lowest BCUT2D eigenvalue weighted by molar-refractivity contribution is 0.0921. The third-order valence-corrected chi connectivity index (χ3v) is 2.37. The maximum atomic E-state index is 11.6. The maximum Gasteiger partial charge on any atom is 0.409 e. The van der Waals surface area contributed by atoms with E-state index in [1.165, 1.54) is 12.0 Å². The molecule has 0 radical (unpaired) electrons. The normalized spacial score (nSPS) is 14.6. The quantitative estimate of drug-likeness (QED) is 0.641. The van der Waals surface area contributed by atoms with Gasteiger partial charge in [0.15, 0.2) is 0 Å². The second kappa shape index (κ2) is 7.76. The van der Waals surface area contributed by atoms with Gasteiger partial charge in [0.25, 0.3) is 0 Å². The number of methoxy groups -OCH3 is 1. The van der Waals surface area contributed by atoms with Gasteiger partial charge in [-0.2, -0.15) is 0 Å². The van der Waals surface area contributed by atoms with E-state index >= 15 is 0 Å². The second-order valence-corrected chi connectivity index (χ2v) is 3.62. The van der Waals surface area contributed by atoms with Crippen LogP contribution < -0.4 is 0 Å². The first kappa shape index (κ1) is 15.5. The van der Waals surface area contributed by atoms with Crippen LogP contribution in [0.2, 0.25) is 0 Å². The zero-order chi connectivity index (χ0) is 13.4. The molecule has 1 aliphatic rings. The molecule has 17 heavy (non-hydrogen) atoms. The summed E-state index contributed by atoms with van der Waals surface area (Å²) in [4.78, 5) is 27.6. The summed E-state index contributed by atoms with van der Waals surface area (Å²) in [5, 5.41) is 0. The summed E-state index contributed by atoms with van der Waals surface area (Å²) in [6, 6.07) is -0.0143. The van der Waals surface area contributed by atoms with Gasteiger partial charge in [-0.25, -0.2) is 9.59 Å². The Morgan fingerprint density at radius 2 is 1.41 bits per heavy atom. The largest absolute Gasteiger partial charge is 0.453 e. The van der Waals surface area contributed by atoms with Crippen molar-refractivity contribution in [2.24, 2.45) is 0 Å². The molecule has 0 unspecified atom stereocenters. The number of carbonyl (C=O) groups excluding carboxylic acids is 2. The Balaban J connectivity index is 0.00000121. The fraction of sp³-hybridized carbons (Fsp3) is 0.818. The summed E-state index contributed by atoms with van der Waals surface area (Å²) >= 11 is 0. The van der Waals surface area contributed by atoms with Crippen molar-refractivity contribution in [3.05, 3.63) is 0 Å². The van der Waals surface area contributed by atoms with Gasteiger partial charge in [-0.05, 0) is 0 Å². The summed E-state index contributed by atoms with van der Waals surface area (Å²) < 4.78 is 4.61. The summed E-state index contributed by atoms with van der Waals surface area (Å²) in [7, 11) is 4.80. The molecule has 0 aliphatic carbocycles. The van der Waals surface area contributed by atoms with Gasteiger partial charge < -0.3 is 19.4 Å². The van der Waals surface area contributed by atoms with E-state index in [1.54, 1.807) is 23.9 Å². The van der Waals surface area contributed by atoms with Crippen LogP contribution >= 0.6 is 0 Å². The van der Waals surface area contributed by atoms with E-state index < -0.39 is 0 Å². The number of rotatable bonds is 0. The molecule has 6 nitrogen and oxygen atoms in total. The van der Waals surface area contributed by atoms with Gasteiger partial charge in [0.05, 0.1) is 7.11 Å². The van der Waals surface area contributed by atoms with Gasteiger partial charge in [-0.1, -0.05) is 13.8 Å². The molecule has 0 N–H and O–H groups in total. The van der Waals surface area contributed by atoms with Crippen LogP contribution in [0.15, 0.2) is 0 Å². The molecule has 0 atom stereocenters. The van der Waals surface area contributed by atoms with Crippen LogP contribution in [0.25, 0.3) is 0 Å². The zero-order valence-electron chi connectivity index (χ0n) is 11.4. The number of ether oxygens (including phenoxy) is 1. The number of nitrogens with zero attached hydrogens (tertiary/aromatic N) is 3. The molecule has 0 spiro atoms. The standard InChI is InChI=1S/C9H17N3O3.C2H6/c1-10(2)8(13)11-4-6-12(7-5-11)9(14)15-3;1-2/h4-7H2,1-3H3;1-2H3. The molecule has 100 valence electrons. The van der Waals surface area contributed by atoms with Gasteiger partial charge in [-0.3, -0.25) is 0 Å². The molecule has 1 heterocycles. The first-order valence-corrected chi connectivity index (χ1v) is 5.85. The fourth-order valence-corrected chi connectivity index (χ4v) is 1.49. The lowest BCUT2D eigenvalue weighted by Crippen LogP contribution is -2.52. The third-order valence-electron chi connectivity index (χ3n) is 2.37. The summed E-state index contributed by atoms with van der Waals surface area (Å²) in [5.41, 5.74) is 0. The highest BCUT2D eigenvalue weighted by atomic mass is 16.5. The molecular weight excluding hydrogens is 222 g/mol. The van der Waals surface area contributed by atoms with Crippen molar-refractivity contribution < 1.29 is 14.3 Å². The van der Waals surface area contributed by atoms with Crippen LogP contribution in [-0.2, 0) is 4.74 Å². The van der Waals surface area contributed by atoms with Gasteiger partial charge in [-0.15, -0.1) is 0 Å². The van der Waals surface area contributed by atoms with E-state index in [0.29, 0.717) is 26.2 Å². The minimum atomic E-state index is -0.327. The van der Waals surface area contributed by atoms with Crippen molar-refractivity contribution in [2.75, 3.05) is 47.4 Å². The van der Waals surface area contributed by atoms with Gasteiger partial charge in [0, 0.05) is 40.3 Å². The second-order valence-electron chi connectivity index (χ2n) is 3.62. The van der Waals surface area contributed by atoms with Crippen molar-refractivity contribution in [3.63, 3.8) is 0 Å². The first-order chi connectivity index (χ1) is 8.06. The number of carbonyl (C=O) groups is 2. The van der Waals surface area contributed by atoms with Crippen LogP contribution in [0.1, 0.15) is 13.8 Å². The van der Waals surface area contributed by atoms with E-state index in [4.69, 9.17) is 0 Å². The predicted molar refractivity (Wildman–Crippen MR) is 66.0 cm³/mol. The SMILES string of the molecule is CC.COC(=O)N1CCN(C(=O)N(C)C)CC1. The van der Waals surface area contributed by atoms with Crippen LogP contribution in [0, 0.1) is 0 Å². The van der Waals surface area contributed by atoms with Gasteiger partial charge >= 0.3 is 12.1 Å². The Kier molecular flexibility index (Phi) is 7.09. The lowest BCUT2D eigenvalue weighted by Gasteiger charge is -2.35. The Morgan fingerprint density at radius 3 is 1.76 bits per heavy atom. The molecule has 0 saturated carbocycles. The number of amides is 3. The monoisotopic (exact) mass is 245 g/mol. The van der Waals surface area contributed by atoms with Crippen molar-refractivity contribution >= 4 is 12.1 Å². The van der Waals surface area contributed by atoms with Crippen molar-refractivity contribution in [2.45, 2.75) is 13.8 Å². The molecular formula is C11H23N3O3. The van der Waals surface area contributed by atoms with Crippen molar-refractivity contribution in [1.29, 1.82) is 0 Å². The topological polar surface area (TPSA) is 53.1 Å². The Morgan fingerprint density at radius 1 is 1.00 bits per heavy atom. The average molecular weight is 245 g/mol. The van der Waals surface area contributed by atoms with Gasteiger partial charge in [0.1, 0.15) is 0 Å². The number of urea groups is 1. The van der Waals surface area contributed by atoms with Crippen molar-refractivity contribution in [1.82, 2.24) is 14.7 Å². The molecule has 1 fully saturated rings. The van der Waals surface area contributed by atoms with Crippen LogP contribution in [0.3, 0.4) is 0 Å². The van der Waals surface area contributed by atoms with Crippen LogP contribution in [0.5, 0.6) is 0 Å². The van der Waals surface area contributed by atoms with E-state index in [1.807, 2.05) is 13.8 Å². The molecule has 0 aromatic carbocycles.